The summed E-state index contributed by atoms with van der Waals surface area (Å²) in [4.78, 5) is 4.55. The van der Waals surface area contributed by atoms with Crippen molar-refractivity contribution >= 4 is 44.6 Å². The Kier molecular flexibility index (Phi) is 1.59. The Hall–Kier alpha value is -0.631. The number of hydrogen-bond acceptors (Lipinski definition) is 2. The maximum absolute atomic E-state index is 4.55. The number of fused-ring (bicyclic) bond motifs is 3. The van der Waals surface area contributed by atoms with Crippen molar-refractivity contribution in [1.82, 2.24) is 4.98 Å². The van der Waals surface area contributed by atoms with Crippen molar-refractivity contribution < 1.29 is 0 Å². The van der Waals surface area contributed by atoms with Gasteiger partial charge in [-0.05, 0) is 0 Å². The molecule has 1 aromatic carbocycles. The molecule has 2 heterocycles. The van der Waals surface area contributed by atoms with Gasteiger partial charge in [-0.15, -0.1) is 0 Å². The number of rotatable bonds is 0. The van der Waals surface area contributed by atoms with Crippen LogP contribution in [-0.4, -0.2) is 19.5 Å². The summed E-state index contributed by atoms with van der Waals surface area (Å²) in [6.45, 7) is 2.08. The molecule has 0 radical (unpaired) electrons. The zero-order valence-corrected chi connectivity index (χ0v) is 9.60. The molecule has 2 aromatic heterocycles. The van der Waals surface area contributed by atoms with Gasteiger partial charge in [0.2, 0.25) is 0 Å². The molecule has 0 saturated heterocycles. The maximum atomic E-state index is 4.55. The van der Waals surface area contributed by atoms with Crippen molar-refractivity contribution in [1.29, 1.82) is 0 Å². The average Bonchev–Trinajstić information content (AvgIpc) is 2.60. The first-order chi connectivity index (χ1) is 6.34. The van der Waals surface area contributed by atoms with Crippen LogP contribution in [0.3, 0.4) is 0 Å². The van der Waals surface area contributed by atoms with Crippen LogP contribution in [0.2, 0.25) is 0 Å². The van der Waals surface area contributed by atoms with Crippen molar-refractivity contribution in [2.75, 3.05) is 0 Å². The summed E-state index contributed by atoms with van der Waals surface area (Å²) >= 11 is 2.28. The molecule has 3 aromatic rings. The molecule has 0 aliphatic rings. The van der Waals surface area contributed by atoms with Gasteiger partial charge in [0.05, 0.1) is 0 Å². The topological polar surface area (TPSA) is 12.9 Å². The number of hydrogen-bond donors (Lipinski definition) is 0. The number of thiazole rings is 1. The average molecular weight is 252 g/mol. The second-order valence-corrected chi connectivity index (χ2v) is 6.33. The molecule has 0 spiro atoms. The predicted molar refractivity (Wildman–Crippen MR) is 58.8 cm³/mol. The summed E-state index contributed by atoms with van der Waals surface area (Å²) in [5, 5.41) is 2.62. The number of aromatic nitrogens is 1. The Labute approximate surface area is 85.8 Å². The summed E-state index contributed by atoms with van der Waals surface area (Å²) in [5.74, 6) is 0. The van der Waals surface area contributed by atoms with Crippen LogP contribution >= 0.6 is 11.3 Å². The molecular formula is C10H7NSSe. The van der Waals surface area contributed by atoms with Gasteiger partial charge >= 0.3 is 85.8 Å². The monoisotopic (exact) mass is 253 g/mol. The second kappa shape index (κ2) is 2.68. The van der Waals surface area contributed by atoms with E-state index in [4.69, 9.17) is 0 Å². The molecule has 0 atom stereocenters. The molecule has 3 heteroatoms. The molecule has 0 saturated carbocycles. The van der Waals surface area contributed by atoms with Gasteiger partial charge in [-0.3, -0.25) is 0 Å². The third-order valence-electron chi connectivity index (χ3n) is 2.04. The Morgan fingerprint density at radius 2 is 2.15 bits per heavy atom. The van der Waals surface area contributed by atoms with Crippen molar-refractivity contribution in [3.05, 3.63) is 29.3 Å². The number of aryl methyl sites for hydroxylation is 1. The van der Waals surface area contributed by atoms with Crippen LogP contribution in [0.15, 0.2) is 24.3 Å². The molecule has 3 rings (SSSR count). The molecule has 1 nitrogen and oxygen atoms in total. The first-order valence-electron chi connectivity index (χ1n) is 4.09. The van der Waals surface area contributed by atoms with Gasteiger partial charge in [0.25, 0.3) is 0 Å². The Morgan fingerprint density at radius 1 is 1.31 bits per heavy atom. The van der Waals surface area contributed by atoms with Gasteiger partial charge < -0.3 is 0 Å². The standard InChI is InChI=1S/C10H7NSSe/c1-6-11-10-9(12-6)7-4-2-3-5-8(7)13-10/h2-5H,1H3. The molecule has 0 aliphatic carbocycles. The number of nitrogens with zero attached hydrogens (tertiary/aromatic N) is 1. The van der Waals surface area contributed by atoms with E-state index >= 15 is 0 Å². The van der Waals surface area contributed by atoms with Crippen molar-refractivity contribution in [3.8, 4) is 0 Å². The zero-order chi connectivity index (χ0) is 8.84. The Morgan fingerprint density at radius 3 is 3.08 bits per heavy atom. The first-order valence-corrected chi connectivity index (χ1v) is 6.62. The Balaban J connectivity index is 2.60. The van der Waals surface area contributed by atoms with E-state index in [0.29, 0.717) is 14.5 Å². The minimum absolute atomic E-state index is 0.455. The molecule has 64 valence electrons. The fraction of sp³-hybridized carbons (Fsp3) is 0.100. The summed E-state index contributed by atoms with van der Waals surface area (Å²) in [6, 6.07) is 8.66. The zero-order valence-electron chi connectivity index (χ0n) is 7.07. The van der Waals surface area contributed by atoms with Crippen LogP contribution in [-0.2, 0) is 0 Å². The fourth-order valence-corrected chi connectivity index (χ4v) is 5.24. The summed E-state index contributed by atoms with van der Waals surface area (Å²) < 4.78 is 4.23. The van der Waals surface area contributed by atoms with E-state index in [-0.39, 0.29) is 0 Å². The normalized spacial score (nSPS) is 11.5. The number of benzene rings is 1. The van der Waals surface area contributed by atoms with E-state index in [0.717, 1.165) is 0 Å². The van der Waals surface area contributed by atoms with E-state index in [1.807, 2.05) is 11.3 Å². The Bertz CT molecular complexity index is 579. The minimum atomic E-state index is 0.455. The quantitative estimate of drug-likeness (QED) is 0.561. The van der Waals surface area contributed by atoms with Gasteiger partial charge in [-0.1, -0.05) is 0 Å². The third kappa shape index (κ3) is 1.08. The van der Waals surface area contributed by atoms with E-state index in [1.54, 1.807) is 0 Å². The molecule has 0 fully saturated rings. The van der Waals surface area contributed by atoms with E-state index in [9.17, 15) is 0 Å². The van der Waals surface area contributed by atoms with Crippen molar-refractivity contribution in [2.45, 2.75) is 6.92 Å². The van der Waals surface area contributed by atoms with E-state index < -0.39 is 0 Å². The van der Waals surface area contributed by atoms with Gasteiger partial charge in [0, 0.05) is 0 Å². The van der Waals surface area contributed by atoms with Crippen molar-refractivity contribution in [3.63, 3.8) is 0 Å². The van der Waals surface area contributed by atoms with Gasteiger partial charge in [-0.2, -0.15) is 0 Å². The van der Waals surface area contributed by atoms with Gasteiger partial charge in [0.15, 0.2) is 0 Å². The molecule has 0 aliphatic heterocycles. The van der Waals surface area contributed by atoms with Gasteiger partial charge in [0.1, 0.15) is 0 Å². The van der Waals surface area contributed by atoms with Crippen LogP contribution in [0.4, 0.5) is 0 Å². The molecule has 0 N–H and O–H groups in total. The van der Waals surface area contributed by atoms with Crippen LogP contribution < -0.4 is 0 Å². The van der Waals surface area contributed by atoms with Crippen LogP contribution in [0, 0.1) is 6.92 Å². The van der Waals surface area contributed by atoms with Crippen molar-refractivity contribution in [2.24, 2.45) is 0 Å². The SMILES string of the molecule is Cc1nc2[se]c3ccccc3c2s1. The summed E-state index contributed by atoms with van der Waals surface area (Å²) in [5.41, 5.74) is 0. The second-order valence-electron chi connectivity index (χ2n) is 2.97. The molecule has 13 heavy (non-hydrogen) atoms. The fourth-order valence-electron chi connectivity index (χ4n) is 1.49. The van der Waals surface area contributed by atoms with Crippen LogP contribution in [0.5, 0.6) is 0 Å². The van der Waals surface area contributed by atoms with E-state index in [2.05, 4.69) is 36.2 Å². The molecule has 0 unspecified atom stereocenters. The summed E-state index contributed by atoms with van der Waals surface area (Å²) in [7, 11) is 0. The first kappa shape index (κ1) is 7.74. The molecule has 0 amide bonds. The van der Waals surface area contributed by atoms with Crippen LogP contribution in [0.25, 0.3) is 18.7 Å². The predicted octanol–water partition coefficient (Wildman–Crippen LogP) is 2.81. The molecular weight excluding hydrogens is 245 g/mol. The summed E-state index contributed by atoms with van der Waals surface area (Å²) in [6.07, 6.45) is 0. The van der Waals surface area contributed by atoms with E-state index in [1.165, 1.54) is 23.7 Å². The third-order valence-corrected chi connectivity index (χ3v) is 5.57. The molecule has 0 bridgehead atoms. The van der Waals surface area contributed by atoms with Crippen LogP contribution in [0.1, 0.15) is 5.01 Å². The van der Waals surface area contributed by atoms with Gasteiger partial charge in [-0.25, -0.2) is 0 Å².